The van der Waals surface area contributed by atoms with Crippen LogP contribution in [0, 0.1) is 0 Å². The number of nitrogens with zero attached hydrogens (tertiary/aromatic N) is 1. The van der Waals surface area contributed by atoms with Crippen LogP contribution in [-0.4, -0.2) is 28.2 Å². The highest BCUT2D eigenvalue weighted by Gasteiger charge is 2.32. The molecule has 1 heterocycles. The van der Waals surface area contributed by atoms with E-state index in [0.29, 0.717) is 21.6 Å². The third-order valence-electron chi connectivity index (χ3n) is 3.62. The van der Waals surface area contributed by atoms with Crippen LogP contribution in [0.3, 0.4) is 0 Å². The van der Waals surface area contributed by atoms with E-state index in [1.54, 1.807) is 48.5 Å². The lowest BCUT2D eigenvalue weighted by Gasteiger charge is -2.11. The second kappa shape index (κ2) is 8.90. The Bertz CT molecular complexity index is 946. The van der Waals surface area contributed by atoms with Crippen molar-refractivity contribution in [2.75, 3.05) is 5.32 Å². The minimum Gasteiger partial charge on any atom is -0.424 e. The number of benzene rings is 2. The van der Waals surface area contributed by atoms with Gasteiger partial charge in [0, 0.05) is 18.4 Å². The first kappa shape index (κ1) is 19.9. The Kier molecular flexibility index (Phi) is 6.33. The van der Waals surface area contributed by atoms with Crippen LogP contribution in [0.25, 0.3) is 0 Å². The minimum absolute atomic E-state index is 0.0510. The van der Waals surface area contributed by atoms with Crippen molar-refractivity contribution in [3.63, 3.8) is 0 Å². The Hall–Kier alpha value is -2.84. The third kappa shape index (κ3) is 5.34. The van der Waals surface area contributed by atoms with Crippen molar-refractivity contribution in [2.24, 2.45) is 4.99 Å². The smallest absolute Gasteiger partial charge is 0.308 e. The molecule has 0 radical (unpaired) electrons. The van der Waals surface area contributed by atoms with Gasteiger partial charge in [-0.2, -0.15) is 0 Å². The van der Waals surface area contributed by atoms with Gasteiger partial charge in [0.05, 0.1) is 11.4 Å². The number of hydrogen-bond acceptors (Lipinski definition) is 6. The number of aliphatic imine (C=N–C) groups is 1. The zero-order valence-corrected chi connectivity index (χ0v) is 16.3. The Labute approximate surface area is 170 Å². The molecule has 1 fully saturated rings. The molecule has 1 atom stereocenters. The molecule has 0 saturated carbocycles. The summed E-state index contributed by atoms with van der Waals surface area (Å²) < 4.78 is 5.06. The van der Waals surface area contributed by atoms with E-state index in [1.807, 2.05) is 0 Å². The number of para-hydroxylation sites is 2. The van der Waals surface area contributed by atoms with Crippen LogP contribution >= 0.6 is 23.4 Å². The molecule has 144 valence electrons. The molecule has 3 rings (SSSR count). The van der Waals surface area contributed by atoms with Crippen LogP contribution in [0.15, 0.2) is 53.5 Å². The summed E-state index contributed by atoms with van der Waals surface area (Å²) in [5.41, 5.74) is 1.01. The van der Waals surface area contributed by atoms with Gasteiger partial charge in [0.2, 0.25) is 11.8 Å². The van der Waals surface area contributed by atoms with Crippen LogP contribution in [0.5, 0.6) is 5.75 Å². The van der Waals surface area contributed by atoms with Gasteiger partial charge in [0.25, 0.3) is 0 Å². The summed E-state index contributed by atoms with van der Waals surface area (Å²) in [7, 11) is 0. The molecule has 0 bridgehead atoms. The maximum atomic E-state index is 12.4. The zero-order chi connectivity index (χ0) is 20.1. The summed E-state index contributed by atoms with van der Waals surface area (Å²) >= 11 is 7.02. The predicted molar refractivity (Wildman–Crippen MR) is 109 cm³/mol. The molecule has 0 spiro atoms. The molecule has 0 aliphatic carbocycles. The number of ether oxygens (including phenoxy) is 1. The van der Waals surface area contributed by atoms with Crippen LogP contribution in [0.1, 0.15) is 13.3 Å². The van der Waals surface area contributed by atoms with Gasteiger partial charge < -0.3 is 15.4 Å². The lowest BCUT2D eigenvalue weighted by Crippen LogP contribution is -2.28. The van der Waals surface area contributed by atoms with Gasteiger partial charge in [-0.3, -0.25) is 14.4 Å². The summed E-state index contributed by atoms with van der Waals surface area (Å²) in [6.07, 6.45) is -0.0510. The van der Waals surface area contributed by atoms with Crippen LogP contribution < -0.4 is 15.4 Å². The number of nitrogens with one attached hydrogen (secondary N) is 2. The molecule has 1 saturated heterocycles. The van der Waals surface area contributed by atoms with E-state index < -0.39 is 11.2 Å². The van der Waals surface area contributed by atoms with Crippen molar-refractivity contribution < 1.29 is 19.1 Å². The van der Waals surface area contributed by atoms with Crippen LogP contribution in [0.2, 0.25) is 5.02 Å². The SMILES string of the molecule is CC(=O)Oc1ccccc1NC(=O)C[C@H]1SC(=Nc2ccc(Cl)cc2)NC1=O. The highest BCUT2D eigenvalue weighted by Crippen LogP contribution is 2.28. The van der Waals surface area contributed by atoms with Gasteiger partial charge in [-0.15, -0.1) is 0 Å². The van der Waals surface area contributed by atoms with Crippen LogP contribution in [-0.2, 0) is 14.4 Å². The number of carbonyl (C=O) groups excluding carboxylic acids is 3. The number of halogens is 1. The highest BCUT2D eigenvalue weighted by molar-refractivity contribution is 8.15. The van der Waals surface area contributed by atoms with Crippen molar-refractivity contribution in [3.05, 3.63) is 53.6 Å². The fourth-order valence-corrected chi connectivity index (χ4v) is 3.52. The Morgan fingerprint density at radius 1 is 1.21 bits per heavy atom. The molecule has 2 amide bonds. The van der Waals surface area contributed by atoms with Gasteiger partial charge in [0.1, 0.15) is 5.25 Å². The first-order valence-corrected chi connectivity index (χ1v) is 9.55. The standard InChI is InChI=1S/C19H16ClN3O4S/c1-11(24)27-15-5-3-2-4-14(15)22-17(25)10-16-18(26)23-19(28-16)21-13-8-6-12(20)7-9-13/h2-9,16H,10H2,1H3,(H,22,25)(H,21,23,26)/t16-/m1/s1. The first-order valence-electron chi connectivity index (χ1n) is 8.30. The molecule has 2 aromatic rings. The van der Waals surface area contributed by atoms with Gasteiger partial charge in [0.15, 0.2) is 10.9 Å². The van der Waals surface area contributed by atoms with Crippen molar-refractivity contribution in [2.45, 2.75) is 18.6 Å². The van der Waals surface area contributed by atoms with E-state index in [0.717, 1.165) is 0 Å². The lowest BCUT2D eigenvalue weighted by atomic mass is 10.2. The van der Waals surface area contributed by atoms with E-state index in [9.17, 15) is 14.4 Å². The monoisotopic (exact) mass is 417 g/mol. The summed E-state index contributed by atoms with van der Waals surface area (Å²) in [6.45, 7) is 1.28. The minimum atomic E-state index is -0.605. The number of esters is 1. The maximum absolute atomic E-state index is 12.4. The number of anilines is 1. The molecule has 0 aromatic heterocycles. The van der Waals surface area contributed by atoms with Crippen molar-refractivity contribution in [1.82, 2.24) is 5.32 Å². The Balaban J connectivity index is 1.63. The number of hydrogen-bond donors (Lipinski definition) is 2. The molecule has 1 aliphatic heterocycles. The van der Waals surface area contributed by atoms with Crippen molar-refractivity contribution in [1.29, 1.82) is 0 Å². The largest absolute Gasteiger partial charge is 0.424 e. The summed E-state index contributed by atoms with van der Waals surface area (Å²) in [6, 6.07) is 13.4. The van der Waals surface area contributed by atoms with E-state index in [2.05, 4.69) is 15.6 Å². The normalized spacial score (nSPS) is 17.3. The molecule has 2 aromatic carbocycles. The van der Waals surface area contributed by atoms with Gasteiger partial charge >= 0.3 is 5.97 Å². The number of thioether (sulfide) groups is 1. The van der Waals surface area contributed by atoms with Gasteiger partial charge in [-0.1, -0.05) is 35.5 Å². The third-order valence-corrected chi connectivity index (χ3v) is 4.95. The van der Waals surface area contributed by atoms with Crippen molar-refractivity contribution >= 4 is 57.7 Å². The molecule has 9 heteroatoms. The number of rotatable bonds is 5. The molecule has 28 heavy (non-hydrogen) atoms. The zero-order valence-electron chi connectivity index (χ0n) is 14.8. The fourth-order valence-electron chi connectivity index (χ4n) is 2.41. The maximum Gasteiger partial charge on any atom is 0.308 e. The number of amides is 2. The van der Waals surface area contributed by atoms with Crippen LogP contribution in [0.4, 0.5) is 11.4 Å². The predicted octanol–water partition coefficient (Wildman–Crippen LogP) is 3.51. The Morgan fingerprint density at radius 2 is 1.93 bits per heavy atom. The summed E-state index contributed by atoms with van der Waals surface area (Å²) in [5.74, 6) is -0.909. The van der Waals surface area contributed by atoms with E-state index in [4.69, 9.17) is 16.3 Å². The topological polar surface area (TPSA) is 96.9 Å². The fraction of sp³-hybridized carbons (Fsp3) is 0.158. The molecule has 7 nitrogen and oxygen atoms in total. The lowest BCUT2D eigenvalue weighted by molar-refractivity contribution is -0.132. The van der Waals surface area contributed by atoms with E-state index >= 15 is 0 Å². The average Bonchev–Trinajstić information content (AvgIpc) is 2.97. The summed E-state index contributed by atoms with van der Waals surface area (Å²) in [5, 5.41) is 5.75. The van der Waals surface area contributed by atoms with E-state index in [1.165, 1.54) is 18.7 Å². The number of amidine groups is 1. The number of carbonyl (C=O) groups is 3. The second-order valence-electron chi connectivity index (χ2n) is 5.83. The molecule has 1 aliphatic rings. The Morgan fingerprint density at radius 3 is 2.64 bits per heavy atom. The van der Waals surface area contributed by atoms with Crippen molar-refractivity contribution in [3.8, 4) is 5.75 Å². The van der Waals surface area contributed by atoms with Gasteiger partial charge in [-0.25, -0.2) is 4.99 Å². The second-order valence-corrected chi connectivity index (χ2v) is 7.46. The highest BCUT2D eigenvalue weighted by atomic mass is 35.5. The van der Waals surface area contributed by atoms with E-state index in [-0.39, 0.29) is 24.0 Å². The molecular weight excluding hydrogens is 402 g/mol. The van der Waals surface area contributed by atoms with Gasteiger partial charge in [-0.05, 0) is 36.4 Å². The molecular formula is C19H16ClN3O4S. The molecule has 2 N–H and O–H groups in total. The molecule has 0 unspecified atom stereocenters. The first-order chi connectivity index (χ1) is 13.4. The summed E-state index contributed by atoms with van der Waals surface area (Å²) in [4.78, 5) is 40.0. The quantitative estimate of drug-likeness (QED) is 0.573. The average molecular weight is 418 g/mol.